The number of allylic oxidation sites excluding steroid dienone is 1. The number of carbonyl (C=O) groups is 1. The summed E-state index contributed by atoms with van der Waals surface area (Å²) in [6.07, 6.45) is 41.2. The number of hydrogen-bond acceptors (Lipinski definition) is 13. The smallest absolute Gasteiger partial charge is 0.220 e. The summed E-state index contributed by atoms with van der Waals surface area (Å²) in [7, 11) is 0. The maximum atomic E-state index is 13.3. The lowest BCUT2D eigenvalue weighted by Gasteiger charge is -2.46. The molecule has 14 heteroatoms. The number of unbranched alkanes of at least 4 members (excludes halogenated alkanes) is 40. The van der Waals surface area contributed by atoms with E-state index in [1.165, 1.54) is 225 Å². The van der Waals surface area contributed by atoms with Crippen LogP contribution in [-0.2, 0) is 23.7 Å². The molecule has 12 unspecified atom stereocenters. The Labute approximate surface area is 469 Å². The van der Waals surface area contributed by atoms with Gasteiger partial charge in [0.2, 0.25) is 5.91 Å². The van der Waals surface area contributed by atoms with Gasteiger partial charge >= 0.3 is 0 Å². The molecule has 77 heavy (non-hydrogen) atoms. The summed E-state index contributed by atoms with van der Waals surface area (Å²) in [4.78, 5) is 13.3. The topological polar surface area (TPSA) is 228 Å². The SMILES string of the molecule is CCCCCCCCCCCCCCC/C=C/C(O)C(COC1OC(CO)C(OC2OC(CO)C(O)C(O)C2O)C(O)C1O)NC(=O)CCCCCCCCCCCCCCCCCCCCCCCCCCCCCC. The Balaban J connectivity index is 1.67. The molecule has 12 atom stereocenters. The van der Waals surface area contributed by atoms with E-state index < -0.39 is 86.8 Å². The molecule has 0 aromatic carbocycles. The highest BCUT2D eigenvalue weighted by Crippen LogP contribution is 2.30. The van der Waals surface area contributed by atoms with Gasteiger partial charge < -0.3 is 65.1 Å². The number of aliphatic hydroxyl groups excluding tert-OH is 8. The van der Waals surface area contributed by atoms with Crippen LogP contribution in [0.2, 0.25) is 0 Å². The van der Waals surface area contributed by atoms with Crippen LogP contribution in [-0.4, -0.2) is 140 Å². The molecule has 2 heterocycles. The minimum Gasteiger partial charge on any atom is -0.394 e. The molecule has 0 aromatic heterocycles. The first-order chi connectivity index (χ1) is 37.6. The molecule has 2 rings (SSSR count). The number of rotatable bonds is 53. The predicted octanol–water partition coefficient (Wildman–Crippen LogP) is 11.8. The lowest BCUT2D eigenvalue weighted by Crippen LogP contribution is -2.65. The first kappa shape index (κ1) is 71.8. The van der Waals surface area contributed by atoms with E-state index in [0.717, 1.165) is 38.5 Å². The van der Waals surface area contributed by atoms with Crippen LogP contribution >= 0.6 is 0 Å². The minimum absolute atomic E-state index is 0.233. The summed E-state index contributed by atoms with van der Waals surface area (Å²) in [6.45, 7) is 2.84. The Kier molecular flexibility index (Phi) is 46.0. The van der Waals surface area contributed by atoms with E-state index in [0.29, 0.717) is 6.42 Å². The van der Waals surface area contributed by atoms with Gasteiger partial charge in [0.15, 0.2) is 12.6 Å². The van der Waals surface area contributed by atoms with Gasteiger partial charge in [-0.05, 0) is 19.3 Å². The molecule has 2 fully saturated rings. The average Bonchev–Trinajstić information content (AvgIpc) is 3.44. The van der Waals surface area contributed by atoms with Crippen molar-refractivity contribution >= 4 is 5.91 Å². The van der Waals surface area contributed by atoms with Crippen molar-refractivity contribution in [2.24, 2.45) is 0 Å². The Morgan fingerprint density at radius 1 is 0.455 bits per heavy atom. The lowest BCUT2D eigenvalue weighted by atomic mass is 9.97. The third-order valence-corrected chi connectivity index (χ3v) is 16.2. The molecule has 2 saturated heterocycles. The first-order valence-electron chi connectivity index (χ1n) is 32.4. The van der Waals surface area contributed by atoms with Crippen molar-refractivity contribution < 1.29 is 64.6 Å². The quantitative estimate of drug-likeness (QED) is 0.0204. The lowest BCUT2D eigenvalue weighted by molar-refractivity contribution is -0.359. The predicted molar refractivity (Wildman–Crippen MR) is 309 cm³/mol. The second-order valence-corrected chi connectivity index (χ2v) is 23.3. The van der Waals surface area contributed by atoms with E-state index >= 15 is 0 Å². The van der Waals surface area contributed by atoms with Gasteiger partial charge in [-0.2, -0.15) is 0 Å². The zero-order valence-electron chi connectivity index (χ0n) is 49.2. The fourth-order valence-corrected chi connectivity index (χ4v) is 11.0. The number of ether oxygens (including phenoxy) is 4. The highest BCUT2D eigenvalue weighted by atomic mass is 16.7. The highest BCUT2D eigenvalue weighted by molar-refractivity contribution is 5.76. The second kappa shape index (κ2) is 49.3. The maximum absolute atomic E-state index is 13.3. The van der Waals surface area contributed by atoms with Crippen molar-refractivity contribution in [3.8, 4) is 0 Å². The van der Waals surface area contributed by atoms with Crippen LogP contribution in [0.5, 0.6) is 0 Å². The maximum Gasteiger partial charge on any atom is 0.220 e. The van der Waals surface area contributed by atoms with Crippen LogP contribution in [0, 0.1) is 0 Å². The molecular formula is C63H121NO13. The van der Waals surface area contributed by atoms with E-state index in [2.05, 4.69) is 19.2 Å². The molecule has 2 aliphatic rings. The van der Waals surface area contributed by atoms with E-state index in [-0.39, 0.29) is 18.9 Å². The van der Waals surface area contributed by atoms with E-state index in [9.17, 15) is 45.6 Å². The van der Waals surface area contributed by atoms with Crippen LogP contribution in [0.15, 0.2) is 12.2 Å². The molecule has 0 saturated carbocycles. The molecule has 9 N–H and O–H groups in total. The molecule has 0 aliphatic carbocycles. The van der Waals surface area contributed by atoms with Crippen LogP contribution in [0.3, 0.4) is 0 Å². The van der Waals surface area contributed by atoms with E-state index in [1.807, 2.05) is 6.08 Å². The fraction of sp³-hybridized carbons (Fsp3) is 0.952. The zero-order valence-corrected chi connectivity index (χ0v) is 49.2. The van der Waals surface area contributed by atoms with Gasteiger partial charge in [0.1, 0.15) is 48.8 Å². The second-order valence-electron chi connectivity index (χ2n) is 23.3. The van der Waals surface area contributed by atoms with Gasteiger partial charge in [-0.3, -0.25) is 4.79 Å². The zero-order chi connectivity index (χ0) is 56.0. The first-order valence-corrected chi connectivity index (χ1v) is 32.4. The number of hydrogen-bond donors (Lipinski definition) is 9. The van der Waals surface area contributed by atoms with Crippen molar-refractivity contribution in [2.45, 2.75) is 364 Å². The van der Waals surface area contributed by atoms with Crippen molar-refractivity contribution in [1.82, 2.24) is 5.32 Å². The van der Waals surface area contributed by atoms with Gasteiger partial charge in [0.25, 0.3) is 0 Å². The van der Waals surface area contributed by atoms with Crippen molar-refractivity contribution in [3.63, 3.8) is 0 Å². The highest BCUT2D eigenvalue weighted by Gasteiger charge is 2.51. The average molecular weight is 1100 g/mol. The molecule has 456 valence electrons. The van der Waals surface area contributed by atoms with E-state index in [4.69, 9.17) is 18.9 Å². The third-order valence-electron chi connectivity index (χ3n) is 16.2. The summed E-state index contributed by atoms with van der Waals surface area (Å²) in [5.41, 5.74) is 0. The number of carbonyl (C=O) groups excluding carboxylic acids is 1. The summed E-state index contributed by atoms with van der Waals surface area (Å²) in [5, 5.41) is 87.2. The summed E-state index contributed by atoms with van der Waals surface area (Å²) in [5.74, 6) is -0.233. The molecule has 0 spiro atoms. The number of nitrogens with one attached hydrogen (secondary N) is 1. The van der Waals surface area contributed by atoms with Gasteiger partial charge in [-0.25, -0.2) is 0 Å². The van der Waals surface area contributed by atoms with Crippen molar-refractivity contribution in [1.29, 1.82) is 0 Å². The summed E-state index contributed by atoms with van der Waals surface area (Å²) in [6, 6.07) is -0.909. The Hall–Kier alpha value is -1.27. The van der Waals surface area contributed by atoms with Crippen molar-refractivity contribution in [2.75, 3.05) is 19.8 Å². The monoisotopic (exact) mass is 1100 g/mol. The molecular weight excluding hydrogens is 979 g/mol. The van der Waals surface area contributed by atoms with Gasteiger partial charge in [-0.15, -0.1) is 0 Å². The standard InChI is InChI=1S/C63H121NO13/c1-3-5-7-9-11-13-15-17-19-20-21-22-23-24-25-26-27-28-29-30-31-33-35-37-39-41-43-45-47-55(68)64-51(52(67)46-44-42-40-38-36-34-32-18-16-14-12-10-8-6-4-2)50-74-62-60(73)58(71)61(54(49-66)76-62)77-63-59(72)57(70)56(69)53(48-65)75-63/h44,46,51-54,56-63,65-67,69-73H,3-43,45,47-50H2,1-2H3,(H,64,68)/b46-44+. The van der Waals surface area contributed by atoms with Crippen LogP contribution in [0.25, 0.3) is 0 Å². The fourth-order valence-electron chi connectivity index (χ4n) is 11.0. The molecule has 0 bridgehead atoms. The number of aliphatic hydroxyl groups is 8. The molecule has 2 aliphatic heterocycles. The number of amides is 1. The Bertz CT molecular complexity index is 1340. The minimum atomic E-state index is -1.79. The van der Waals surface area contributed by atoms with Crippen LogP contribution in [0.1, 0.15) is 290 Å². The summed E-state index contributed by atoms with van der Waals surface area (Å²) < 4.78 is 22.8. The van der Waals surface area contributed by atoms with Crippen LogP contribution in [0.4, 0.5) is 0 Å². The normalized spacial score (nSPS) is 24.7. The van der Waals surface area contributed by atoms with Gasteiger partial charge in [0.05, 0.1) is 32.0 Å². The molecule has 14 nitrogen and oxygen atoms in total. The van der Waals surface area contributed by atoms with E-state index in [1.54, 1.807) is 6.08 Å². The molecule has 0 radical (unpaired) electrons. The Morgan fingerprint density at radius 3 is 1.19 bits per heavy atom. The van der Waals surface area contributed by atoms with Crippen LogP contribution < -0.4 is 5.32 Å². The third kappa shape index (κ3) is 34.7. The Morgan fingerprint density at radius 2 is 0.805 bits per heavy atom. The largest absolute Gasteiger partial charge is 0.394 e. The summed E-state index contributed by atoms with van der Waals surface area (Å²) >= 11 is 0. The molecule has 0 aromatic rings. The van der Waals surface area contributed by atoms with Gasteiger partial charge in [-0.1, -0.05) is 276 Å². The molecule has 1 amide bonds. The van der Waals surface area contributed by atoms with Gasteiger partial charge in [0, 0.05) is 6.42 Å². The van der Waals surface area contributed by atoms with Crippen molar-refractivity contribution in [3.05, 3.63) is 12.2 Å².